The van der Waals surface area contributed by atoms with Crippen LogP contribution in [0.25, 0.3) is 5.57 Å². The molecule has 0 saturated heterocycles. The Morgan fingerprint density at radius 1 is 1.00 bits per heavy atom. The molecule has 1 aliphatic rings. The van der Waals surface area contributed by atoms with Gasteiger partial charge in [-0.25, -0.2) is 0 Å². The molecule has 2 nitrogen and oxygen atoms in total. The van der Waals surface area contributed by atoms with E-state index in [9.17, 15) is 0 Å². The van der Waals surface area contributed by atoms with Crippen LogP contribution in [-0.2, 0) is 6.54 Å². The molecule has 0 N–H and O–H groups in total. The molecule has 2 aromatic rings. The van der Waals surface area contributed by atoms with Gasteiger partial charge in [0.05, 0.1) is 7.11 Å². The van der Waals surface area contributed by atoms with E-state index in [0.29, 0.717) is 0 Å². The van der Waals surface area contributed by atoms with E-state index in [-0.39, 0.29) is 0 Å². The zero-order valence-corrected chi connectivity index (χ0v) is 11.8. The standard InChI is InChI=1S/C18H19NO/c1-20-18-10-6-5-9-17(18)16-11-12-19(14-16)13-15-7-3-2-4-8-15/h2-11H,12-14H2,1H3. The van der Waals surface area contributed by atoms with Crippen LogP contribution in [-0.4, -0.2) is 25.1 Å². The molecule has 2 heteroatoms. The number of hydrogen-bond donors (Lipinski definition) is 0. The van der Waals surface area contributed by atoms with Crippen molar-refractivity contribution in [1.82, 2.24) is 4.90 Å². The summed E-state index contributed by atoms with van der Waals surface area (Å²) < 4.78 is 5.45. The van der Waals surface area contributed by atoms with Crippen molar-refractivity contribution in [2.24, 2.45) is 0 Å². The largest absolute Gasteiger partial charge is 0.496 e. The highest BCUT2D eigenvalue weighted by molar-refractivity contribution is 5.73. The highest BCUT2D eigenvalue weighted by Gasteiger charge is 2.17. The number of benzene rings is 2. The Hall–Kier alpha value is -2.06. The minimum absolute atomic E-state index is 0.959. The van der Waals surface area contributed by atoms with E-state index < -0.39 is 0 Å². The number of ether oxygens (including phenoxy) is 1. The molecule has 0 fully saturated rings. The summed E-state index contributed by atoms with van der Waals surface area (Å²) in [7, 11) is 1.73. The molecule has 0 atom stereocenters. The van der Waals surface area contributed by atoms with Gasteiger partial charge in [0.15, 0.2) is 0 Å². The fourth-order valence-corrected chi connectivity index (χ4v) is 2.68. The van der Waals surface area contributed by atoms with Crippen LogP contribution in [0.2, 0.25) is 0 Å². The summed E-state index contributed by atoms with van der Waals surface area (Å²) >= 11 is 0. The molecule has 1 heterocycles. The van der Waals surface area contributed by atoms with Gasteiger partial charge in [-0.2, -0.15) is 0 Å². The normalized spacial score (nSPS) is 15.2. The number of rotatable bonds is 4. The molecule has 0 radical (unpaired) electrons. The molecule has 3 rings (SSSR count). The van der Waals surface area contributed by atoms with Crippen molar-refractivity contribution in [3.05, 3.63) is 71.8 Å². The van der Waals surface area contributed by atoms with Crippen LogP contribution in [0.3, 0.4) is 0 Å². The van der Waals surface area contributed by atoms with Gasteiger partial charge in [0.25, 0.3) is 0 Å². The zero-order chi connectivity index (χ0) is 13.8. The van der Waals surface area contributed by atoms with Crippen LogP contribution in [0.1, 0.15) is 11.1 Å². The Bertz CT molecular complexity index is 604. The lowest BCUT2D eigenvalue weighted by molar-refractivity contribution is 0.347. The average Bonchev–Trinajstić information content (AvgIpc) is 2.96. The van der Waals surface area contributed by atoms with Gasteiger partial charge >= 0.3 is 0 Å². The summed E-state index contributed by atoms with van der Waals surface area (Å²) in [6.07, 6.45) is 2.31. The minimum Gasteiger partial charge on any atom is -0.496 e. The topological polar surface area (TPSA) is 12.5 Å². The Morgan fingerprint density at radius 3 is 2.55 bits per heavy atom. The third-order valence-electron chi connectivity index (χ3n) is 3.69. The van der Waals surface area contributed by atoms with E-state index in [1.54, 1.807) is 7.11 Å². The van der Waals surface area contributed by atoms with Crippen molar-refractivity contribution in [1.29, 1.82) is 0 Å². The first-order valence-electron chi connectivity index (χ1n) is 6.95. The number of nitrogens with zero attached hydrogens (tertiary/aromatic N) is 1. The predicted octanol–water partition coefficient (Wildman–Crippen LogP) is 3.59. The Labute approximate surface area is 120 Å². The van der Waals surface area contributed by atoms with Crippen LogP contribution in [0.5, 0.6) is 5.75 Å². The van der Waals surface area contributed by atoms with E-state index in [1.807, 2.05) is 12.1 Å². The van der Waals surface area contributed by atoms with Crippen LogP contribution in [0.15, 0.2) is 60.7 Å². The summed E-state index contributed by atoms with van der Waals surface area (Å²) in [5, 5.41) is 0. The van der Waals surface area contributed by atoms with E-state index in [2.05, 4.69) is 53.4 Å². The summed E-state index contributed by atoms with van der Waals surface area (Å²) in [5.41, 5.74) is 3.94. The molecular weight excluding hydrogens is 246 g/mol. The summed E-state index contributed by atoms with van der Waals surface area (Å²) in [6, 6.07) is 18.9. The molecule has 0 amide bonds. The minimum atomic E-state index is 0.959. The molecule has 20 heavy (non-hydrogen) atoms. The lowest BCUT2D eigenvalue weighted by Crippen LogP contribution is -2.20. The summed E-state index contributed by atoms with van der Waals surface area (Å²) in [5.74, 6) is 0.959. The second kappa shape index (κ2) is 5.93. The molecule has 102 valence electrons. The predicted molar refractivity (Wildman–Crippen MR) is 82.7 cm³/mol. The quantitative estimate of drug-likeness (QED) is 0.837. The van der Waals surface area contributed by atoms with Crippen molar-refractivity contribution in [2.45, 2.75) is 6.54 Å². The first-order valence-corrected chi connectivity index (χ1v) is 6.95. The Balaban J connectivity index is 1.70. The van der Waals surface area contributed by atoms with Gasteiger partial charge in [0, 0.05) is 25.2 Å². The van der Waals surface area contributed by atoms with Crippen LogP contribution in [0, 0.1) is 0 Å². The monoisotopic (exact) mass is 265 g/mol. The molecule has 0 saturated carbocycles. The third-order valence-corrected chi connectivity index (χ3v) is 3.69. The van der Waals surface area contributed by atoms with Gasteiger partial charge in [0.2, 0.25) is 0 Å². The van der Waals surface area contributed by atoms with E-state index >= 15 is 0 Å². The average molecular weight is 265 g/mol. The molecule has 0 spiro atoms. The molecule has 0 unspecified atom stereocenters. The lowest BCUT2D eigenvalue weighted by atomic mass is 10.1. The van der Waals surface area contributed by atoms with Crippen LogP contribution < -0.4 is 4.74 Å². The smallest absolute Gasteiger partial charge is 0.126 e. The lowest BCUT2D eigenvalue weighted by Gasteiger charge is -2.16. The van der Waals surface area contributed by atoms with Crippen LogP contribution >= 0.6 is 0 Å². The van der Waals surface area contributed by atoms with Crippen molar-refractivity contribution in [3.8, 4) is 5.75 Å². The number of hydrogen-bond acceptors (Lipinski definition) is 2. The molecule has 0 bridgehead atoms. The van der Waals surface area contributed by atoms with E-state index in [0.717, 1.165) is 25.4 Å². The molecular formula is C18H19NO. The van der Waals surface area contributed by atoms with Gasteiger partial charge in [0.1, 0.15) is 5.75 Å². The highest BCUT2D eigenvalue weighted by atomic mass is 16.5. The third kappa shape index (κ3) is 2.75. The zero-order valence-electron chi connectivity index (χ0n) is 11.8. The van der Waals surface area contributed by atoms with Crippen molar-refractivity contribution in [2.75, 3.05) is 20.2 Å². The van der Waals surface area contributed by atoms with Gasteiger partial charge in [-0.15, -0.1) is 0 Å². The van der Waals surface area contributed by atoms with Gasteiger partial charge in [-0.1, -0.05) is 54.6 Å². The van der Waals surface area contributed by atoms with Gasteiger partial charge in [-0.05, 0) is 17.2 Å². The molecule has 2 aromatic carbocycles. The maximum Gasteiger partial charge on any atom is 0.126 e. The van der Waals surface area contributed by atoms with Crippen molar-refractivity contribution in [3.63, 3.8) is 0 Å². The summed E-state index contributed by atoms with van der Waals surface area (Å²) in [4.78, 5) is 2.44. The fourth-order valence-electron chi connectivity index (χ4n) is 2.68. The maximum atomic E-state index is 5.45. The highest BCUT2D eigenvalue weighted by Crippen LogP contribution is 2.29. The molecule has 0 aliphatic carbocycles. The first-order chi connectivity index (χ1) is 9.86. The van der Waals surface area contributed by atoms with Crippen molar-refractivity contribution >= 4 is 5.57 Å². The Kier molecular flexibility index (Phi) is 3.84. The second-order valence-electron chi connectivity index (χ2n) is 5.08. The number of para-hydroxylation sites is 1. The number of methoxy groups -OCH3 is 1. The van der Waals surface area contributed by atoms with Crippen LogP contribution in [0.4, 0.5) is 0 Å². The fraction of sp³-hybridized carbons (Fsp3) is 0.222. The molecule has 0 aromatic heterocycles. The van der Waals surface area contributed by atoms with Crippen molar-refractivity contribution < 1.29 is 4.74 Å². The SMILES string of the molecule is COc1ccccc1C1=CCN(Cc2ccccc2)C1. The van der Waals surface area contributed by atoms with E-state index in [4.69, 9.17) is 4.74 Å². The van der Waals surface area contributed by atoms with E-state index in [1.165, 1.54) is 16.7 Å². The summed E-state index contributed by atoms with van der Waals surface area (Å²) in [6.45, 7) is 2.98. The molecule has 1 aliphatic heterocycles. The second-order valence-corrected chi connectivity index (χ2v) is 5.08. The van der Waals surface area contributed by atoms with Gasteiger partial charge < -0.3 is 4.74 Å². The first kappa shape index (κ1) is 12.9. The maximum absolute atomic E-state index is 5.45. The Morgan fingerprint density at radius 2 is 1.75 bits per heavy atom. The van der Waals surface area contributed by atoms with Gasteiger partial charge in [-0.3, -0.25) is 4.90 Å².